The normalized spacial score (nSPS) is 10.6. The Morgan fingerprint density at radius 2 is 1.92 bits per heavy atom. The molecule has 0 bridgehead atoms. The van der Waals surface area contributed by atoms with Crippen LogP contribution in [-0.4, -0.2) is 11.0 Å². The maximum absolute atomic E-state index is 13.5. The molecule has 0 atom stereocenters. The van der Waals surface area contributed by atoms with Crippen LogP contribution in [0.5, 0.6) is 0 Å². The van der Waals surface area contributed by atoms with E-state index in [2.05, 4.69) is 4.98 Å². The van der Waals surface area contributed by atoms with E-state index in [0.717, 1.165) is 22.7 Å². The van der Waals surface area contributed by atoms with E-state index in [9.17, 15) is 13.6 Å². The SMILES string of the molecule is O=C(OCc1csc(-c2ccc(Cl)cc2)n1)c1ccc(F)cc1F. The van der Waals surface area contributed by atoms with E-state index in [-0.39, 0.29) is 12.2 Å². The quantitative estimate of drug-likeness (QED) is 0.604. The van der Waals surface area contributed by atoms with Crippen LogP contribution in [0.15, 0.2) is 47.8 Å². The molecular formula is C17H10ClF2NO2S. The minimum absolute atomic E-state index is 0.0975. The highest BCUT2D eigenvalue weighted by molar-refractivity contribution is 7.13. The Hall–Kier alpha value is -2.31. The number of esters is 1. The van der Waals surface area contributed by atoms with Gasteiger partial charge in [0.2, 0.25) is 0 Å². The van der Waals surface area contributed by atoms with Crippen LogP contribution in [0.2, 0.25) is 5.02 Å². The average molecular weight is 366 g/mol. The standard InChI is InChI=1S/C17H10ClF2NO2S/c18-11-3-1-10(2-4-11)16-21-13(9-24-16)8-23-17(22)14-6-5-12(19)7-15(14)20/h1-7,9H,8H2. The number of thiazole rings is 1. The highest BCUT2D eigenvalue weighted by atomic mass is 35.5. The van der Waals surface area contributed by atoms with Crippen molar-refractivity contribution in [3.63, 3.8) is 0 Å². The number of halogens is 3. The van der Waals surface area contributed by atoms with Gasteiger partial charge >= 0.3 is 5.97 Å². The lowest BCUT2D eigenvalue weighted by Crippen LogP contribution is -2.08. The van der Waals surface area contributed by atoms with Gasteiger partial charge in [-0.15, -0.1) is 11.3 Å². The van der Waals surface area contributed by atoms with E-state index in [4.69, 9.17) is 16.3 Å². The topological polar surface area (TPSA) is 39.2 Å². The van der Waals surface area contributed by atoms with Crippen LogP contribution in [0.4, 0.5) is 8.78 Å². The van der Waals surface area contributed by atoms with Gasteiger partial charge in [0.25, 0.3) is 0 Å². The van der Waals surface area contributed by atoms with Crippen molar-refractivity contribution in [3.05, 3.63) is 75.8 Å². The summed E-state index contributed by atoms with van der Waals surface area (Å²) in [5, 5.41) is 3.13. The largest absolute Gasteiger partial charge is 0.455 e. The van der Waals surface area contributed by atoms with Crippen molar-refractivity contribution < 1.29 is 18.3 Å². The van der Waals surface area contributed by atoms with E-state index in [1.54, 1.807) is 17.5 Å². The highest BCUT2D eigenvalue weighted by Crippen LogP contribution is 2.25. The summed E-state index contributed by atoms with van der Waals surface area (Å²) in [7, 11) is 0. The molecule has 0 N–H and O–H groups in total. The van der Waals surface area contributed by atoms with E-state index in [1.165, 1.54) is 11.3 Å². The van der Waals surface area contributed by atoms with Gasteiger partial charge in [-0.1, -0.05) is 23.7 Å². The second-order valence-electron chi connectivity index (χ2n) is 4.85. The van der Waals surface area contributed by atoms with Gasteiger partial charge in [0.1, 0.15) is 23.2 Å². The summed E-state index contributed by atoms with van der Waals surface area (Å²) in [6, 6.07) is 9.88. The molecule has 122 valence electrons. The first-order valence-corrected chi connectivity index (χ1v) is 8.11. The molecule has 0 aliphatic rings. The van der Waals surface area contributed by atoms with Crippen molar-refractivity contribution in [2.45, 2.75) is 6.61 Å². The molecule has 24 heavy (non-hydrogen) atoms. The number of rotatable bonds is 4. The Morgan fingerprint density at radius 1 is 1.17 bits per heavy atom. The second-order valence-corrected chi connectivity index (χ2v) is 6.15. The van der Waals surface area contributed by atoms with Crippen LogP contribution in [0, 0.1) is 11.6 Å². The van der Waals surface area contributed by atoms with Crippen molar-refractivity contribution >= 4 is 28.9 Å². The lowest BCUT2D eigenvalue weighted by molar-refractivity contribution is 0.0463. The zero-order valence-corrected chi connectivity index (χ0v) is 13.7. The molecule has 2 aromatic carbocycles. The molecule has 0 saturated carbocycles. The van der Waals surface area contributed by atoms with Crippen LogP contribution in [0.1, 0.15) is 16.1 Å². The molecular weight excluding hydrogens is 356 g/mol. The highest BCUT2D eigenvalue weighted by Gasteiger charge is 2.15. The van der Waals surface area contributed by atoms with Gasteiger partial charge in [0.05, 0.1) is 11.3 Å². The number of hydrogen-bond acceptors (Lipinski definition) is 4. The molecule has 0 spiro atoms. The van der Waals surface area contributed by atoms with Gasteiger partial charge in [-0.3, -0.25) is 0 Å². The predicted octanol–water partition coefficient (Wildman–Crippen LogP) is 5.10. The molecule has 3 nitrogen and oxygen atoms in total. The monoisotopic (exact) mass is 365 g/mol. The van der Waals surface area contributed by atoms with Crippen LogP contribution >= 0.6 is 22.9 Å². The molecule has 0 radical (unpaired) electrons. The van der Waals surface area contributed by atoms with Gasteiger partial charge in [-0.2, -0.15) is 0 Å². The molecule has 0 saturated heterocycles. The maximum atomic E-state index is 13.5. The van der Waals surface area contributed by atoms with Crippen LogP contribution < -0.4 is 0 Å². The summed E-state index contributed by atoms with van der Waals surface area (Å²) < 4.78 is 31.4. The van der Waals surface area contributed by atoms with E-state index < -0.39 is 17.6 Å². The van der Waals surface area contributed by atoms with Crippen molar-refractivity contribution in [2.24, 2.45) is 0 Å². The summed E-state index contributed by atoms with van der Waals surface area (Å²) in [5.74, 6) is -2.58. The summed E-state index contributed by atoms with van der Waals surface area (Å²) in [4.78, 5) is 16.2. The van der Waals surface area contributed by atoms with E-state index in [1.807, 2.05) is 12.1 Å². The fourth-order valence-corrected chi connectivity index (χ4v) is 2.91. The number of nitrogens with zero attached hydrogens (tertiary/aromatic N) is 1. The predicted molar refractivity (Wildman–Crippen MR) is 88.0 cm³/mol. The zero-order chi connectivity index (χ0) is 17.1. The van der Waals surface area contributed by atoms with Crippen LogP contribution in [-0.2, 0) is 11.3 Å². The first kappa shape index (κ1) is 16.5. The summed E-state index contributed by atoms with van der Waals surface area (Å²) in [6.07, 6.45) is 0. The van der Waals surface area contributed by atoms with Crippen LogP contribution in [0.25, 0.3) is 10.6 Å². The molecule has 0 aliphatic heterocycles. The Morgan fingerprint density at radius 3 is 2.62 bits per heavy atom. The molecule has 7 heteroatoms. The van der Waals surface area contributed by atoms with Gasteiger partial charge < -0.3 is 4.74 Å². The Labute approximate surface area is 145 Å². The van der Waals surface area contributed by atoms with Crippen molar-refractivity contribution in [1.82, 2.24) is 4.98 Å². The third-order valence-electron chi connectivity index (χ3n) is 3.15. The first-order valence-electron chi connectivity index (χ1n) is 6.85. The molecule has 0 aliphatic carbocycles. The summed E-state index contributed by atoms with van der Waals surface area (Å²) in [6.45, 7) is -0.0975. The average Bonchev–Trinajstić information content (AvgIpc) is 3.02. The lowest BCUT2D eigenvalue weighted by Gasteiger charge is -2.04. The van der Waals surface area contributed by atoms with Gasteiger partial charge in [-0.05, 0) is 24.3 Å². The number of aromatic nitrogens is 1. The smallest absolute Gasteiger partial charge is 0.341 e. The van der Waals surface area contributed by atoms with Crippen molar-refractivity contribution in [3.8, 4) is 10.6 Å². The van der Waals surface area contributed by atoms with E-state index in [0.29, 0.717) is 16.8 Å². The first-order chi connectivity index (χ1) is 11.5. The number of ether oxygens (including phenoxy) is 1. The minimum Gasteiger partial charge on any atom is -0.455 e. The lowest BCUT2D eigenvalue weighted by atomic mass is 10.2. The number of carbonyl (C=O) groups is 1. The van der Waals surface area contributed by atoms with Gasteiger partial charge in [-0.25, -0.2) is 18.6 Å². The third kappa shape index (κ3) is 3.77. The van der Waals surface area contributed by atoms with Crippen molar-refractivity contribution in [1.29, 1.82) is 0 Å². The maximum Gasteiger partial charge on any atom is 0.341 e. The minimum atomic E-state index is -0.958. The molecule has 3 aromatic rings. The number of benzene rings is 2. The van der Waals surface area contributed by atoms with Crippen molar-refractivity contribution in [2.75, 3.05) is 0 Å². The third-order valence-corrected chi connectivity index (χ3v) is 4.34. The molecule has 1 heterocycles. The van der Waals surface area contributed by atoms with Gasteiger partial charge in [0.15, 0.2) is 0 Å². The molecule has 1 aromatic heterocycles. The van der Waals surface area contributed by atoms with E-state index >= 15 is 0 Å². The summed E-state index contributed by atoms with van der Waals surface area (Å²) >= 11 is 7.23. The Bertz CT molecular complexity index is 881. The summed E-state index contributed by atoms with van der Waals surface area (Å²) in [5.41, 5.74) is 1.12. The molecule has 0 amide bonds. The second kappa shape index (κ2) is 7.07. The number of hydrogen-bond donors (Lipinski definition) is 0. The Kier molecular flexibility index (Phi) is 4.87. The number of carbonyl (C=O) groups excluding carboxylic acids is 1. The Balaban J connectivity index is 1.67. The molecule has 0 fully saturated rings. The molecule has 0 unspecified atom stereocenters. The zero-order valence-electron chi connectivity index (χ0n) is 12.1. The molecule has 3 rings (SSSR count). The van der Waals surface area contributed by atoms with Crippen LogP contribution in [0.3, 0.4) is 0 Å². The van der Waals surface area contributed by atoms with Gasteiger partial charge in [0, 0.05) is 22.0 Å². The fraction of sp³-hybridized carbons (Fsp3) is 0.0588. The fourth-order valence-electron chi connectivity index (χ4n) is 1.97.